The lowest BCUT2D eigenvalue weighted by atomic mass is 10.1. The number of rotatable bonds is 10. The zero-order valence-electron chi connectivity index (χ0n) is 13.3. The van der Waals surface area contributed by atoms with Crippen LogP contribution in [-0.2, 0) is 0 Å². The summed E-state index contributed by atoms with van der Waals surface area (Å²) in [5, 5.41) is 17.4. The molecule has 1 rings (SSSR count). The summed E-state index contributed by atoms with van der Waals surface area (Å²) in [6.07, 6.45) is 10.5. The number of nitrogens with zero attached hydrogens (tertiary/aromatic N) is 2. The van der Waals surface area contributed by atoms with Crippen molar-refractivity contribution >= 4 is 6.08 Å². The zero-order chi connectivity index (χ0) is 16.0. The average molecular weight is 296 g/mol. The van der Waals surface area contributed by atoms with Crippen molar-refractivity contribution in [1.82, 2.24) is 0 Å². The highest BCUT2D eigenvalue weighted by Gasteiger charge is 1.97. The fourth-order valence-corrected chi connectivity index (χ4v) is 2.17. The highest BCUT2D eigenvalue weighted by Crippen LogP contribution is 2.15. The largest absolute Gasteiger partial charge is 0.494 e. The van der Waals surface area contributed by atoms with Crippen molar-refractivity contribution in [3.63, 3.8) is 0 Å². The van der Waals surface area contributed by atoms with Crippen LogP contribution in [0.3, 0.4) is 0 Å². The first-order chi connectivity index (χ1) is 10.8. The molecule has 0 aliphatic rings. The van der Waals surface area contributed by atoms with Crippen molar-refractivity contribution in [2.24, 2.45) is 0 Å². The summed E-state index contributed by atoms with van der Waals surface area (Å²) in [4.78, 5) is 0. The van der Waals surface area contributed by atoms with Gasteiger partial charge in [0.1, 0.15) is 23.5 Å². The summed E-state index contributed by atoms with van der Waals surface area (Å²) < 4.78 is 5.70. The van der Waals surface area contributed by atoms with E-state index in [0.29, 0.717) is 0 Å². The van der Waals surface area contributed by atoms with E-state index in [1.807, 2.05) is 36.4 Å². The summed E-state index contributed by atoms with van der Waals surface area (Å²) in [5.41, 5.74) is 0.943. The van der Waals surface area contributed by atoms with Crippen molar-refractivity contribution < 1.29 is 4.74 Å². The molecule has 22 heavy (non-hydrogen) atoms. The molecule has 0 aliphatic heterocycles. The Morgan fingerprint density at radius 3 is 2.14 bits per heavy atom. The van der Waals surface area contributed by atoms with E-state index >= 15 is 0 Å². The van der Waals surface area contributed by atoms with Crippen molar-refractivity contribution in [2.45, 2.75) is 51.9 Å². The lowest BCUT2D eigenvalue weighted by Gasteiger charge is -2.06. The fraction of sp³-hybridized carbons (Fsp3) is 0.474. The van der Waals surface area contributed by atoms with E-state index in [0.717, 1.165) is 24.3 Å². The molecule has 0 spiro atoms. The van der Waals surface area contributed by atoms with Crippen LogP contribution in [-0.4, -0.2) is 6.61 Å². The average Bonchev–Trinajstić information content (AvgIpc) is 2.56. The topological polar surface area (TPSA) is 56.8 Å². The minimum absolute atomic E-state index is 0.108. The van der Waals surface area contributed by atoms with Crippen LogP contribution in [0.5, 0.6) is 5.75 Å². The number of benzene rings is 1. The minimum Gasteiger partial charge on any atom is -0.494 e. The fourth-order valence-electron chi connectivity index (χ4n) is 2.17. The van der Waals surface area contributed by atoms with Gasteiger partial charge in [-0.15, -0.1) is 0 Å². The number of hydrogen-bond acceptors (Lipinski definition) is 3. The van der Waals surface area contributed by atoms with Crippen molar-refractivity contribution in [1.29, 1.82) is 10.5 Å². The summed E-state index contributed by atoms with van der Waals surface area (Å²) in [5.74, 6) is 0.832. The number of ether oxygens (including phenoxy) is 1. The molecule has 0 saturated heterocycles. The monoisotopic (exact) mass is 296 g/mol. The van der Waals surface area contributed by atoms with E-state index in [1.54, 1.807) is 6.08 Å². The second kappa shape index (κ2) is 11.4. The van der Waals surface area contributed by atoms with E-state index in [4.69, 9.17) is 15.3 Å². The Labute approximate surface area is 133 Å². The first-order valence-electron chi connectivity index (χ1n) is 8.05. The molecule has 0 heterocycles. The maximum Gasteiger partial charge on any atom is 0.130 e. The molecule has 0 unspecified atom stereocenters. The number of nitriles is 2. The Morgan fingerprint density at radius 1 is 0.955 bits per heavy atom. The minimum atomic E-state index is 0.108. The van der Waals surface area contributed by atoms with Gasteiger partial charge < -0.3 is 4.74 Å². The molecule has 3 nitrogen and oxygen atoms in total. The Balaban J connectivity index is 2.24. The molecule has 0 N–H and O–H groups in total. The summed E-state index contributed by atoms with van der Waals surface area (Å²) in [6.45, 7) is 2.97. The standard InChI is InChI=1S/C19H24N2O/c1-2-3-4-5-6-7-8-13-22-19-11-9-17(10-12-19)14-18(15-20)16-21/h9-12,14H,2-8,13H2,1H3. The Hall–Kier alpha value is -2.26. The predicted octanol–water partition coefficient (Wildman–Crippen LogP) is 5.25. The third-order valence-electron chi connectivity index (χ3n) is 3.45. The van der Waals surface area contributed by atoms with Crippen molar-refractivity contribution in [3.8, 4) is 17.9 Å². The maximum atomic E-state index is 8.71. The van der Waals surface area contributed by atoms with Gasteiger partial charge in [0.05, 0.1) is 6.61 Å². The SMILES string of the molecule is CCCCCCCCCOc1ccc(C=C(C#N)C#N)cc1. The zero-order valence-corrected chi connectivity index (χ0v) is 13.3. The molecule has 1 aromatic rings. The van der Waals surface area contributed by atoms with Crippen LogP contribution in [0.4, 0.5) is 0 Å². The maximum absolute atomic E-state index is 8.71. The molecule has 0 fully saturated rings. The van der Waals surface area contributed by atoms with Gasteiger partial charge in [-0.3, -0.25) is 0 Å². The first kappa shape index (κ1) is 17.8. The molecule has 116 valence electrons. The molecule has 0 saturated carbocycles. The van der Waals surface area contributed by atoms with Gasteiger partial charge in [0, 0.05) is 0 Å². The summed E-state index contributed by atoms with van der Waals surface area (Å²) in [6, 6.07) is 11.2. The number of hydrogen-bond donors (Lipinski definition) is 0. The Kier molecular flexibility index (Phi) is 9.22. The second-order valence-electron chi connectivity index (χ2n) is 5.32. The van der Waals surface area contributed by atoms with Crippen LogP contribution in [0.15, 0.2) is 29.8 Å². The highest BCUT2D eigenvalue weighted by molar-refractivity contribution is 5.62. The number of allylic oxidation sites excluding steroid dienone is 1. The van der Waals surface area contributed by atoms with Crippen LogP contribution in [0.25, 0.3) is 6.08 Å². The smallest absolute Gasteiger partial charge is 0.130 e. The van der Waals surface area contributed by atoms with E-state index in [9.17, 15) is 0 Å². The normalized spacial score (nSPS) is 9.59. The lowest BCUT2D eigenvalue weighted by Crippen LogP contribution is -1.97. The van der Waals surface area contributed by atoms with Gasteiger partial charge in [0.2, 0.25) is 0 Å². The van der Waals surface area contributed by atoms with Crippen LogP contribution in [0, 0.1) is 22.7 Å². The van der Waals surface area contributed by atoms with Crippen molar-refractivity contribution in [2.75, 3.05) is 6.61 Å². The third kappa shape index (κ3) is 7.50. The molecule has 1 aromatic carbocycles. The summed E-state index contributed by atoms with van der Waals surface area (Å²) >= 11 is 0. The van der Waals surface area contributed by atoms with Gasteiger partial charge >= 0.3 is 0 Å². The summed E-state index contributed by atoms with van der Waals surface area (Å²) in [7, 11) is 0. The van der Waals surface area contributed by atoms with Gasteiger partial charge in [-0.2, -0.15) is 10.5 Å². The Bertz CT molecular complexity index is 516. The van der Waals surface area contributed by atoms with E-state index in [2.05, 4.69) is 6.92 Å². The molecule has 0 atom stereocenters. The molecule has 0 radical (unpaired) electrons. The third-order valence-corrected chi connectivity index (χ3v) is 3.45. The molecule has 0 amide bonds. The van der Waals surface area contributed by atoms with Gasteiger partial charge in [-0.1, -0.05) is 57.6 Å². The lowest BCUT2D eigenvalue weighted by molar-refractivity contribution is 0.304. The molecule has 0 bridgehead atoms. The predicted molar refractivity (Wildman–Crippen MR) is 89.1 cm³/mol. The molecule has 0 aromatic heterocycles. The van der Waals surface area contributed by atoms with E-state index in [1.165, 1.54) is 38.5 Å². The van der Waals surface area contributed by atoms with Crippen LogP contribution >= 0.6 is 0 Å². The van der Waals surface area contributed by atoms with Crippen LogP contribution < -0.4 is 4.74 Å². The molecular formula is C19H24N2O. The van der Waals surface area contributed by atoms with Crippen LogP contribution in [0.2, 0.25) is 0 Å². The second-order valence-corrected chi connectivity index (χ2v) is 5.32. The van der Waals surface area contributed by atoms with Crippen LogP contribution in [0.1, 0.15) is 57.4 Å². The quantitative estimate of drug-likeness (QED) is 0.438. The molecule has 3 heteroatoms. The van der Waals surface area contributed by atoms with Gasteiger partial charge in [0.25, 0.3) is 0 Å². The van der Waals surface area contributed by atoms with E-state index < -0.39 is 0 Å². The number of unbranched alkanes of at least 4 members (excludes halogenated alkanes) is 6. The molecule has 0 aliphatic carbocycles. The van der Waals surface area contributed by atoms with Crippen molar-refractivity contribution in [3.05, 3.63) is 35.4 Å². The van der Waals surface area contributed by atoms with Gasteiger partial charge in [0.15, 0.2) is 0 Å². The first-order valence-corrected chi connectivity index (χ1v) is 8.05. The van der Waals surface area contributed by atoms with Gasteiger partial charge in [-0.05, 0) is 30.2 Å². The van der Waals surface area contributed by atoms with Gasteiger partial charge in [-0.25, -0.2) is 0 Å². The van der Waals surface area contributed by atoms with E-state index in [-0.39, 0.29) is 5.57 Å². The highest BCUT2D eigenvalue weighted by atomic mass is 16.5. The Morgan fingerprint density at radius 2 is 1.55 bits per heavy atom. The molecular weight excluding hydrogens is 272 g/mol.